The van der Waals surface area contributed by atoms with Crippen molar-refractivity contribution in [3.8, 4) is 0 Å². The van der Waals surface area contributed by atoms with Gasteiger partial charge in [0, 0.05) is 11.5 Å². The highest BCUT2D eigenvalue weighted by atomic mass is 16.6. The van der Waals surface area contributed by atoms with E-state index in [1.165, 1.54) is 6.08 Å². The predicted molar refractivity (Wildman–Crippen MR) is 70.6 cm³/mol. The fourth-order valence-corrected chi connectivity index (χ4v) is 1.56. The lowest BCUT2D eigenvalue weighted by Crippen LogP contribution is -2.33. The summed E-state index contributed by atoms with van der Waals surface area (Å²) in [4.78, 5) is 29.0. The third kappa shape index (κ3) is 3.79. The van der Waals surface area contributed by atoms with Crippen LogP contribution in [0.15, 0.2) is 35.8 Å². The minimum absolute atomic E-state index is 0.0258. The Labute approximate surface area is 112 Å². The summed E-state index contributed by atoms with van der Waals surface area (Å²) in [7, 11) is 0. The second-order valence-electron chi connectivity index (χ2n) is 5.21. The number of hydrogen-bond donors (Lipinski definition) is 1. The Balaban J connectivity index is 3.20. The van der Waals surface area contributed by atoms with Gasteiger partial charge in [-0.15, -0.1) is 6.58 Å². The van der Waals surface area contributed by atoms with Crippen LogP contribution in [0, 0.1) is 5.41 Å². The van der Waals surface area contributed by atoms with Crippen molar-refractivity contribution in [1.29, 1.82) is 0 Å². The van der Waals surface area contributed by atoms with Crippen LogP contribution in [-0.2, 0) is 19.2 Å². The van der Waals surface area contributed by atoms with Crippen molar-refractivity contribution in [2.75, 3.05) is 6.61 Å². The lowest BCUT2D eigenvalue weighted by Gasteiger charge is -2.27. The molecule has 0 aliphatic carbocycles. The molecule has 0 amide bonds. The average molecular weight is 265 g/mol. The Kier molecular flexibility index (Phi) is 4.67. The Morgan fingerprint density at radius 3 is 2.58 bits per heavy atom. The van der Waals surface area contributed by atoms with Gasteiger partial charge < -0.3 is 4.74 Å². The van der Waals surface area contributed by atoms with Gasteiger partial charge in [0.1, 0.15) is 11.3 Å². The first kappa shape index (κ1) is 15.2. The molecule has 5 heteroatoms. The largest absolute Gasteiger partial charge is 0.427 e. The number of carbonyl (C=O) groups excluding carboxylic acids is 2. The summed E-state index contributed by atoms with van der Waals surface area (Å²) >= 11 is 0. The quantitative estimate of drug-likeness (QED) is 0.210. The number of carbonyl (C=O) groups is 2. The van der Waals surface area contributed by atoms with Crippen LogP contribution < -0.4 is 5.48 Å². The summed E-state index contributed by atoms with van der Waals surface area (Å²) < 4.78 is 4.98. The van der Waals surface area contributed by atoms with E-state index in [1.54, 1.807) is 13.0 Å². The molecule has 1 aliphatic heterocycles. The van der Waals surface area contributed by atoms with E-state index in [9.17, 15) is 9.59 Å². The molecule has 1 aliphatic rings. The lowest BCUT2D eigenvalue weighted by atomic mass is 9.87. The minimum Gasteiger partial charge on any atom is -0.427 e. The predicted octanol–water partition coefficient (Wildman–Crippen LogP) is 2.02. The van der Waals surface area contributed by atoms with Crippen molar-refractivity contribution >= 4 is 11.8 Å². The minimum atomic E-state index is -0.662. The van der Waals surface area contributed by atoms with Crippen molar-refractivity contribution in [2.24, 2.45) is 5.41 Å². The number of esters is 1. The van der Waals surface area contributed by atoms with E-state index in [4.69, 9.17) is 9.57 Å². The topological polar surface area (TPSA) is 64.6 Å². The number of nitrogens with one attached hydrogen (secondary N) is 1. The molecule has 0 bridgehead atoms. The van der Waals surface area contributed by atoms with Crippen molar-refractivity contribution in [3.05, 3.63) is 35.8 Å². The monoisotopic (exact) mass is 265 g/mol. The van der Waals surface area contributed by atoms with Crippen molar-refractivity contribution in [2.45, 2.75) is 27.7 Å². The van der Waals surface area contributed by atoms with Gasteiger partial charge in [0.05, 0.1) is 12.3 Å². The van der Waals surface area contributed by atoms with Crippen LogP contribution in [0.5, 0.6) is 0 Å². The summed E-state index contributed by atoms with van der Waals surface area (Å²) in [6.07, 6.45) is 2.85. The van der Waals surface area contributed by atoms with E-state index >= 15 is 0 Å². The van der Waals surface area contributed by atoms with Gasteiger partial charge in [0.25, 0.3) is 0 Å². The zero-order valence-corrected chi connectivity index (χ0v) is 11.7. The molecule has 0 spiro atoms. The smallest absolute Gasteiger partial charge is 0.349 e. The number of hydroxylamine groups is 1. The molecular formula is C14H19NO4. The maximum absolute atomic E-state index is 12.0. The molecule has 0 saturated carbocycles. The molecule has 0 radical (unpaired) electrons. The Hall–Kier alpha value is -1.88. The van der Waals surface area contributed by atoms with Gasteiger partial charge in [-0.1, -0.05) is 26.8 Å². The first-order chi connectivity index (χ1) is 8.77. The Morgan fingerprint density at radius 2 is 2.11 bits per heavy atom. The van der Waals surface area contributed by atoms with Gasteiger partial charge in [0.15, 0.2) is 5.78 Å². The molecule has 5 nitrogen and oxygen atoms in total. The molecule has 0 aromatic rings. The number of rotatable bonds is 4. The van der Waals surface area contributed by atoms with Crippen LogP contribution in [0.2, 0.25) is 0 Å². The SMILES string of the molecule is C=CCONC(=C1C(=O)C=C(C)OC1=O)C(C)(C)C. The van der Waals surface area contributed by atoms with E-state index < -0.39 is 11.4 Å². The fourth-order valence-electron chi connectivity index (χ4n) is 1.56. The van der Waals surface area contributed by atoms with E-state index in [0.29, 0.717) is 11.5 Å². The maximum Gasteiger partial charge on any atom is 0.349 e. The molecule has 0 aromatic heterocycles. The standard InChI is InChI=1S/C14H19NO4/c1-6-7-18-15-12(14(3,4)5)11-10(16)8-9(2)19-13(11)17/h6,8,15H,1,7H2,2-5H3. The normalized spacial score (nSPS) is 18.6. The number of allylic oxidation sites excluding steroid dienone is 3. The third-order valence-corrected chi connectivity index (χ3v) is 2.41. The van der Waals surface area contributed by atoms with Crippen LogP contribution >= 0.6 is 0 Å². The lowest BCUT2D eigenvalue weighted by molar-refractivity contribution is -0.138. The van der Waals surface area contributed by atoms with Crippen LogP contribution in [0.1, 0.15) is 27.7 Å². The first-order valence-electron chi connectivity index (χ1n) is 5.95. The highest BCUT2D eigenvalue weighted by molar-refractivity contribution is 6.24. The molecule has 0 unspecified atom stereocenters. The molecule has 19 heavy (non-hydrogen) atoms. The van der Waals surface area contributed by atoms with E-state index in [-0.39, 0.29) is 18.0 Å². The van der Waals surface area contributed by atoms with Crippen LogP contribution in [0.25, 0.3) is 0 Å². The Bertz CT molecular complexity index is 466. The fraction of sp³-hybridized carbons (Fsp3) is 0.429. The van der Waals surface area contributed by atoms with E-state index in [2.05, 4.69) is 12.1 Å². The van der Waals surface area contributed by atoms with Crippen LogP contribution in [0.4, 0.5) is 0 Å². The van der Waals surface area contributed by atoms with Crippen LogP contribution in [0.3, 0.4) is 0 Å². The molecular weight excluding hydrogens is 246 g/mol. The summed E-state index contributed by atoms with van der Waals surface area (Å²) in [6, 6.07) is 0. The van der Waals surface area contributed by atoms with Crippen LogP contribution in [-0.4, -0.2) is 18.4 Å². The molecule has 0 fully saturated rings. The zero-order chi connectivity index (χ0) is 14.6. The number of ketones is 1. The van der Waals surface area contributed by atoms with Gasteiger partial charge in [-0.2, -0.15) is 0 Å². The number of hydrogen-bond acceptors (Lipinski definition) is 5. The van der Waals surface area contributed by atoms with Gasteiger partial charge in [-0.05, 0) is 6.92 Å². The molecule has 1 heterocycles. The van der Waals surface area contributed by atoms with Gasteiger partial charge in [0.2, 0.25) is 0 Å². The summed E-state index contributed by atoms with van der Waals surface area (Å²) in [5.41, 5.74) is 2.57. The average Bonchev–Trinajstić information content (AvgIpc) is 2.24. The first-order valence-corrected chi connectivity index (χ1v) is 5.95. The summed E-state index contributed by atoms with van der Waals surface area (Å²) in [5, 5.41) is 0. The maximum atomic E-state index is 12.0. The van der Waals surface area contributed by atoms with Gasteiger partial charge in [-0.25, -0.2) is 4.79 Å². The number of ether oxygens (including phenoxy) is 1. The third-order valence-electron chi connectivity index (χ3n) is 2.41. The highest BCUT2D eigenvalue weighted by Gasteiger charge is 2.33. The molecule has 1 rings (SSSR count). The highest BCUT2D eigenvalue weighted by Crippen LogP contribution is 2.29. The van der Waals surface area contributed by atoms with Crippen molar-refractivity contribution < 1.29 is 19.2 Å². The second-order valence-corrected chi connectivity index (χ2v) is 5.21. The number of cyclic esters (lactones) is 1. The van der Waals surface area contributed by atoms with Gasteiger partial charge >= 0.3 is 5.97 Å². The van der Waals surface area contributed by atoms with Crippen molar-refractivity contribution in [3.63, 3.8) is 0 Å². The van der Waals surface area contributed by atoms with E-state index in [1.807, 2.05) is 20.8 Å². The molecule has 104 valence electrons. The second kappa shape index (κ2) is 5.84. The Morgan fingerprint density at radius 1 is 1.47 bits per heavy atom. The van der Waals surface area contributed by atoms with Crippen molar-refractivity contribution in [1.82, 2.24) is 5.48 Å². The molecule has 0 aromatic carbocycles. The molecule has 0 saturated heterocycles. The summed E-state index contributed by atoms with van der Waals surface area (Å²) in [6.45, 7) is 10.9. The zero-order valence-electron chi connectivity index (χ0n) is 11.7. The van der Waals surface area contributed by atoms with Gasteiger partial charge in [-0.3, -0.25) is 15.1 Å². The molecule has 0 atom stereocenters. The summed E-state index contributed by atoms with van der Waals surface area (Å²) in [5.74, 6) is -0.753. The van der Waals surface area contributed by atoms with E-state index in [0.717, 1.165) is 0 Å². The molecule has 1 N–H and O–H groups in total.